The minimum Gasteiger partial charge on any atom is -0.491 e. The Balaban J connectivity index is 0.00000220. The molecule has 1 aromatic rings. The summed E-state index contributed by atoms with van der Waals surface area (Å²) in [5.41, 5.74) is 0.613. The molecule has 1 amide bonds. The van der Waals surface area contributed by atoms with E-state index in [4.69, 9.17) is 16.3 Å². The van der Waals surface area contributed by atoms with Crippen LogP contribution in [0.15, 0.2) is 16.6 Å². The minimum absolute atomic E-state index is 0. The molecule has 1 saturated heterocycles. The van der Waals surface area contributed by atoms with E-state index in [1.54, 1.807) is 12.1 Å². The predicted molar refractivity (Wildman–Crippen MR) is 91.8 cm³/mol. The van der Waals surface area contributed by atoms with Crippen molar-refractivity contribution < 1.29 is 9.53 Å². The van der Waals surface area contributed by atoms with Crippen molar-refractivity contribution >= 4 is 51.5 Å². The van der Waals surface area contributed by atoms with Gasteiger partial charge in [-0.05, 0) is 60.4 Å². The van der Waals surface area contributed by atoms with E-state index >= 15 is 0 Å². The van der Waals surface area contributed by atoms with Crippen molar-refractivity contribution in [1.82, 2.24) is 5.32 Å². The molecule has 1 atom stereocenters. The highest BCUT2D eigenvalue weighted by atomic mass is 79.9. The molecule has 0 aliphatic carbocycles. The second-order valence-corrected chi connectivity index (χ2v) is 6.10. The molecule has 0 aromatic heterocycles. The molecular weight excluding hydrogens is 379 g/mol. The standard InChI is InChI=1S/C14H18BrClN2O2.ClH/c1-2-20-14-11(15)6-10(16)7-12(14)18-13(19)5-9-3-4-17-8-9;/h6-7,9,17H,2-5,8H2,1H3,(H,18,19);1H. The van der Waals surface area contributed by atoms with Gasteiger partial charge in [-0.15, -0.1) is 12.4 Å². The molecule has 0 spiro atoms. The largest absolute Gasteiger partial charge is 0.491 e. The van der Waals surface area contributed by atoms with Crippen molar-refractivity contribution in [3.63, 3.8) is 0 Å². The van der Waals surface area contributed by atoms with Gasteiger partial charge in [-0.3, -0.25) is 4.79 Å². The molecule has 2 rings (SSSR count). The molecule has 0 bridgehead atoms. The lowest BCUT2D eigenvalue weighted by atomic mass is 10.0. The maximum atomic E-state index is 12.1. The molecule has 1 aliphatic heterocycles. The van der Waals surface area contributed by atoms with Crippen LogP contribution in [0.2, 0.25) is 5.02 Å². The summed E-state index contributed by atoms with van der Waals surface area (Å²) >= 11 is 9.44. The van der Waals surface area contributed by atoms with Crippen molar-refractivity contribution in [2.75, 3.05) is 25.0 Å². The third-order valence-electron chi connectivity index (χ3n) is 3.21. The van der Waals surface area contributed by atoms with Gasteiger partial charge >= 0.3 is 0 Å². The zero-order valence-corrected chi connectivity index (χ0v) is 14.9. The summed E-state index contributed by atoms with van der Waals surface area (Å²) < 4.78 is 6.30. The fraction of sp³-hybridized carbons (Fsp3) is 0.500. The van der Waals surface area contributed by atoms with Gasteiger partial charge in [0.1, 0.15) is 0 Å². The van der Waals surface area contributed by atoms with Gasteiger partial charge in [0.15, 0.2) is 5.75 Å². The summed E-state index contributed by atoms with van der Waals surface area (Å²) in [5, 5.41) is 6.71. The summed E-state index contributed by atoms with van der Waals surface area (Å²) in [6, 6.07) is 3.46. The van der Waals surface area contributed by atoms with Crippen molar-refractivity contribution in [3.8, 4) is 5.75 Å². The third-order valence-corrected chi connectivity index (χ3v) is 4.01. The normalized spacial score (nSPS) is 17.2. The Kier molecular flexibility index (Phi) is 7.81. The second kappa shape index (κ2) is 8.83. The summed E-state index contributed by atoms with van der Waals surface area (Å²) in [6.45, 7) is 4.32. The SMILES string of the molecule is CCOc1c(Br)cc(Cl)cc1NC(=O)CC1CCNC1.Cl. The lowest BCUT2D eigenvalue weighted by molar-refractivity contribution is -0.117. The summed E-state index contributed by atoms with van der Waals surface area (Å²) in [5.74, 6) is 1.02. The average Bonchev–Trinajstić information content (AvgIpc) is 2.86. The monoisotopic (exact) mass is 396 g/mol. The van der Waals surface area contributed by atoms with E-state index in [2.05, 4.69) is 26.6 Å². The summed E-state index contributed by atoms with van der Waals surface area (Å²) in [7, 11) is 0. The molecule has 1 fully saturated rings. The van der Waals surface area contributed by atoms with Gasteiger partial charge in [0, 0.05) is 11.4 Å². The highest BCUT2D eigenvalue weighted by Gasteiger charge is 2.19. The molecule has 1 unspecified atom stereocenters. The lowest BCUT2D eigenvalue weighted by Crippen LogP contribution is -2.18. The Morgan fingerprint density at radius 1 is 1.57 bits per heavy atom. The molecule has 1 aromatic carbocycles. The van der Waals surface area contributed by atoms with Gasteiger partial charge in [-0.25, -0.2) is 0 Å². The number of anilines is 1. The Hall–Kier alpha value is -0.490. The first kappa shape index (κ1) is 18.6. The van der Waals surface area contributed by atoms with Crippen LogP contribution in [0.4, 0.5) is 5.69 Å². The topological polar surface area (TPSA) is 50.4 Å². The number of halogens is 3. The Bertz CT molecular complexity index is 494. The number of carbonyl (C=O) groups excluding carboxylic acids is 1. The Morgan fingerprint density at radius 2 is 2.33 bits per heavy atom. The van der Waals surface area contributed by atoms with Crippen LogP contribution in [0.3, 0.4) is 0 Å². The smallest absolute Gasteiger partial charge is 0.224 e. The van der Waals surface area contributed by atoms with Gasteiger partial charge < -0.3 is 15.4 Å². The van der Waals surface area contributed by atoms with Gasteiger partial charge in [-0.2, -0.15) is 0 Å². The molecule has 1 aliphatic rings. The summed E-state index contributed by atoms with van der Waals surface area (Å²) in [6.07, 6.45) is 1.56. The third kappa shape index (κ3) is 5.33. The lowest BCUT2D eigenvalue weighted by Gasteiger charge is -2.15. The zero-order valence-electron chi connectivity index (χ0n) is 11.7. The van der Waals surface area contributed by atoms with Crippen molar-refractivity contribution in [2.45, 2.75) is 19.8 Å². The highest BCUT2D eigenvalue weighted by Crippen LogP contribution is 2.36. The maximum absolute atomic E-state index is 12.1. The first-order valence-corrected chi connectivity index (χ1v) is 7.89. The van der Waals surface area contributed by atoms with Crippen LogP contribution in [0.5, 0.6) is 5.75 Å². The number of nitrogens with one attached hydrogen (secondary N) is 2. The quantitative estimate of drug-likeness (QED) is 0.792. The average molecular weight is 398 g/mol. The number of hydrogen-bond acceptors (Lipinski definition) is 3. The minimum atomic E-state index is -0.00572. The van der Waals surface area contributed by atoms with Gasteiger partial charge in [0.2, 0.25) is 5.91 Å². The van der Waals surface area contributed by atoms with E-state index in [-0.39, 0.29) is 18.3 Å². The molecule has 21 heavy (non-hydrogen) atoms. The van der Waals surface area contributed by atoms with Crippen molar-refractivity contribution in [2.24, 2.45) is 5.92 Å². The van der Waals surface area contributed by atoms with Crippen molar-refractivity contribution in [3.05, 3.63) is 21.6 Å². The molecule has 0 saturated carbocycles. The van der Waals surface area contributed by atoms with Crippen LogP contribution in [-0.4, -0.2) is 25.6 Å². The molecule has 0 radical (unpaired) electrons. The van der Waals surface area contributed by atoms with Gasteiger partial charge in [0.25, 0.3) is 0 Å². The molecule has 2 N–H and O–H groups in total. The zero-order chi connectivity index (χ0) is 14.5. The second-order valence-electron chi connectivity index (χ2n) is 4.81. The maximum Gasteiger partial charge on any atom is 0.224 e. The highest BCUT2D eigenvalue weighted by molar-refractivity contribution is 9.10. The fourth-order valence-corrected chi connectivity index (χ4v) is 3.22. The van der Waals surface area contributed by atoms with Crippen LogP contribution in [0.1, 0.15) is 19.8 Å². The van der Waals surface area contributed by atoms with E-state index in [1.165, 1.54) is 0 Å². The van der Waals surface area contributed by atoms with E-state index < -0.39 is 0 Å². The molecule has 1 heterocycles. The molecule has 118 valence electrons. The van der Waals surface area contributed by atoms with Crippen molar-refractivity contribution in [1.29, 1.82) is 0 Å². The number of carbonyl (C=O) groups is 1. The van der Waals surface area contributed by atoms with E-state index in [9.17, 15) is 4.79 Å². The first-order chi connectivity index (χ1) is 9.60. The van der Waals surface area contributed by atoms with Crippen LogP contribution in [0.25, 0.3) is 0 Å². The van der Waals surface area contributed by atoms with Gasteiger partial charge in [-0.1, -0.05) is 11.6 Å². The molecule has 4 nitrogen and oxygen atoms in total. The fourth-order valence-electron chi connectivity index (χ4n) is 2.30. The van der Waals surface area contributed by atoms with E-state index in [0.29, 0.717) is 35.4 Å². The van der Waals surface area contributed by atoms with E-state index in [1.807, 2.05) is 6.92 Å². The van der Waals surface area contributed by atoms with Gasteiger partial charge in [0.05, 0.1) is 16.8 Å². The number of rotatable bonds is 5. The van der Waals surface area contributed by atoms with Crippen LogP contribution < -0.4 is 15.4 Å². The molecule has 7 heteroatoms. The van der Waals surface area contributed by atoms with Crippen LogP contribution >= 0.6 is 39.9 Å². The number of ether oxygens (including phenoxy) is 1. The first-order valence-electron chi connectivity index (χ1n) is 6.72. The Morgan fingerprint density at radius 3 is 2.95 bits per heavy atom. The number of amides is 1. The Labute approximate surface area is 144 Å². The number of benzene rings is 1. The number of hydrogen-bond donors (Lipinski definition) is 2. The van der Waals surface area contributed by atoms with Crippen LogP contribution in [0, 0.1) is 5.92 Å². The van der Waals surface area contributed by atoms with E-state index in [0.717, 1.165) is 24.0 Å². The molecular formula is C14H19BrCl2N2O2. The summed E-state index contributed by atoms with van der Waals surface area (Å²) in [4.78, 5) is 12.1. The van der Waals surface area contributed by atoms with Crippen LogP contribution in [-0.2, 0) is 4.79 Å². The predicted octanol–water partition coefficient (Wildman–Crippen LogP) is 3.86.